The second-order valence-corrected chi connectivity index (χ2v) is 0. The average molecular weight is 158 g/mol. The van der Waals surface area contributed by atoms with Crippen LogP contribution in [-0.4, -0.2) is 115 Å². The van der Waals surface area contributed by atoms with Crippen LogP contribution in [0.3, 0.4) is 0 Å². The molecule has 0 aromatic rings. The molecule has 0 radical (unpaired) electrons. The molecule has 0 aliphatic carbocycles. The fourth-order valence-corrected chi connectivity index (χ4v) is 0. The molecule has 0 unspecified atom stereocenters. The van der Waals surface area contributed by atoms with Crippen molar-refractivity contribution in [2.75, 3.05) is 0 Å². The van der Waals surface area contributed by atoms with Gasteiger partial charge >= 0.3 is 80.9 Å². The van der Waals surface area contributed by atoms with Crippen LogP contribution in [0.5, 0.6) is 0 Å². The third kappa shape index (κ3) is 25.6. The van der Waals surface area contributed by atoms with E-state index in [1.807, 2.05) is 0 Å². The van der Waals surface area contributed by atoms with Crippen LogP contribution in [0.4, 0.5) is 0 Å². The molecule has 0 saturated carbocycles. The maximum absolute atomic E-state index is 0. The van der Waals surface area contributed by atoms with E-state index in [1.165, 1.54) is 0 Å². The number of hydrogen-bond acceptors (Lipinski definition) is 0. The van der Waals surface area contributed by atoms with Crippen molar-refractivity contribution >= 4 is 128 Å². The molecule has 6 heteroatoms. The summed E-state index contributed by atoms with van der Waals surface area (Å²) in [6.07, 6.45) is 0. The molecule has 0 aliphatic rings. The Morgan fingerprint density at radius 2 is 0.833 bits per heavy atom. The van der Waals surface area contributed by atoms with E-state index < -0.39 is 0 Å². The van der Waals surface area contributed by atoms with Crippen molar-refractivity contribution in [2.24, 2.45) is 0 Å². The first-order valence-electron chi connectivity index (χ1n) is 0. The zero-order chi connectivity index (χ0) is 0. The zero-order valence-electron chi connectivity index (χ0n) is 0.408. The monoisotopic (exact) mass is 158 g/mol. The van der Waals surface area contributed by atoms with Crippen molar-refractivity contribution in [3.8, 4) is 0 Å². The van der Waals surface area contributed by atoms with Crippen molar-refractivity contribution in [1.82, 2.24) is 0 Å². The van der Waals surface area contributed by atoms with Crippen LogP contribution in [0.25, 0.3) is 0 Å². The Kier molecular flexibility index (Phi) is 352. The van der Waals surface area contributed by atoms with Gasteiger partial charge in [0.1, 0.15) is 0 Å². The van der Waals surface area contributed by atoms with Gasteiger partial charge in [-0.2, -0.15) is 0 Å². The molecule has 0 amide bonds. The van der Waals surface area contributed by atoms with Crippen LogP contribution in [0, 0.1) is 0 Å². The Morgan fingerprint density at radius 1 is 0.833 bits per heavy atom. The summed E-state index contributed by atoms with van der Waals surface area (Å²) in [5.74, 6) is 0. The summed E-state index contributed by atoms with van der Waals surface area (Å²) in [4.78, 5) is 0. The van der Waals surface area contributed by atoms with Crippen LogP contribution in [0.2, 0.25) is 0 Å². The van der Waals surface area contributed by atoms with Gasteiger partial charge in [0.15, 0.2) is 17.4 Å². The maximum atomic E-state index is 0. The van der Waals surface area contributed by atoms with Crippen molar-refractivity contribution < 1.29 is 0 Å². The van der Waals surface area contributed by atoms with E-state index in [9.17, 15) is 0 Å². The van der Waals surface area contributed by atoms with Crippen molar-refractivity contribution in [2.45, 2.75) is 0 Å². The van der Waals surface area contributed by atoms with Gasteiger partial charge in [-0.15, -0.1) is 12.4 Å². The van der Waals surface area contributed by atoms with Gasteiger partial charge < -0.3 is 0 Å². The summed E-state index contributed by atoms with van der Waals surface area (Å²) in [5.41, 5.74) is 0. The van der Waals surface area contributed by atoms with Gasteiger partial charge in [0, 0.05) is 0 Å². The van der Waals surface area contributed by atoms with Gasteiger partial charge in [-0.05, 0) is 0 Å². The molecule has 0 aromatic heterocycles. The molecule has 0 saturated heterocycles. The fourth-order valence-electron chi connectivity index (χ4n) is 0. The number of hydrogen-bond donors (Lipinski definition) is 0. The van der Waals surface area contributed by atoms with Gasteiger partial charge in [-0.3, -0.25) is 0 Å². The zero-order valence-corrected chi connectivity index (χ0v) is 1.22. The molecular formula is H12AlB2ClKNa. The summed E-state index contributed by atoms with van der Waals surface area (Å²) < 4.78 is 0. The minimum absolute atomic E-state index is 0. The van der Waals surface area contributed by atoms with Crippen LogP contribution in [-0.2, 0) is 0 Å². The van der Waals surface area contributed by atoms with E-state index in [2.05, 4.69) is 0 Å². The summed E-state index contributed by atoms with van der Waals surface area (Å²) in [6, 6.07) is 0. The van der Waals surface area contributed by atoms with E-state index in [0.717, 1.165) is 0 Å². The van der Waals surface area contributed by atoms with Crippen LogP contribution >= 0.6 is 12.4 Å². The first-order valence-corrected chi connectivity index (χ1v) is 0. The van der Waals surface area contributed by atoms with Crippen LogP contribution in [0.1, 0.15) is 0 Å². The molecule has 30 valence electrons. The van der Waals surface area contributed by atoms with Gasteiger partial charge in [0.2, 0.25) is 0 Å². The molecular weight excluding hydrogens is 146 g/mol. The van der Waals surface area contributed by atoms with E-state index in [-0.39, 0.29) is 128 Å². The van der Waals surface area contributed by atoms with Gasteiger partial charge in [0.25, 0.3) is 0 Å². The van der Waals surface area contributed by atoms with Crippen molar-refractivity contribution in [1.29, 1.82) is 0 Å². The minimum atomic E-state index is 0. The van der Waals surface area contributed by atoms with Crippen LogP contribution < -0.4 is 0 Å². The molecule has 0 nitrogen and oxygen atoms in total. The molecule has 0 bridgehead atoms. The molecule has 0 aliphatic heterocycles. The molecule has 0 heterocycles. The molecule has 0 N–H and O–H groups in total. The molecule has 0 spiro atoms. The Morgan fingerprint density at radius 3 is 0.833 bits per heavy atom. The first kappa shape index (κ1) is 54.9. The fraction of sp³-hybridized carbons (Fsp3) is 0. The van der Waals surface area contributed by atoms with E-state index in [1.54, 1.807) is 0 Å². The third-order valence-corrected chi connectivity index (χ3v) is 0. The summed E-state index contributed by atoms with van der Waals surface area (Å²) in [6.45, 7) is 0. The van der Waals surface area contributed by atoms with Gasteiger partial charge in [-0.25, -0.2) is 0 Å². The van der Waals surface area contributed by atoms with Gasteiger partial charge in [0.05, 0.1) is 16.8 Å². The number of rotatable bonds is 0. The second kappa shape index (κ2) is 38.4. The van der Waals surface area contributed by atoms with Crippen LogP contribution in [0.15, 0.2) is 0 Å². The van der Waals surface area contributed by atoms with Crippen molar-refractivity contribution in [3.05, 3.63) is 0 Å². The third-order valence-electron chi connectivity index (χ3n) is 0. The predicted molar refractivity (Wildman–Crippen MR) is 51.4 cm³/mol. The molecule has 0 atom stereocenters. The topological polar surface area (TPSA) is 0 Å². The van der Waals surface area contributed by atoms with Crippen molar-refractivity contribution in [3.63, 3.8) is 0 Å². The van der Waals surface area contributed by atoms with E-state index >= 15 is 0 Å². The Hall–Kier alpha value is 3.59. The standard InChI is InChI=1S/Al.2BH3.ClH.K.Na.5H/h;2*1H3;1H;;;;;;;. The average Bonchev–Trinajstić information content (AvgIpc) is 0. The van der Waals surface area contributed by atoms with E-state index in [0.29, 0.717) is 0 Å². The molecule has 0 aromatic carbocycles. The number of halogens is 1. The molecule has 0 fully saturated rings. The normalized spacial score (nSPS) is 0. The molecule has 0 rings (SSSR count). The molecule has 6 heavy (non-hydrogen) atoms. The summed E-state index contributed by atoms with van der Waals surface area (Å²) >= 11 is 0. The first-order chi connectivity index (χ1) is 0. The van der Waals surface area contributed by atoms with Gasteiger partial charge in [-0.1, -0.05) is 0 Å². The predicted octanol–water partition coefficient (Wildman–Crippen LogP) is -4.43. The Bertz CT molecular complexity index is 13.5. The second-order valence-electron chi connectivity index (χ2n) is 0. The SMILES string of the molecule is B.B.Cl.[AlH3].[KH].[NaH]. The van der Waals surface area contributed by atoms with E-state index in [4.69, 9.17) is 0 Å². The Labute approximate surface area is 124 Å². The quantitative estimate of drug-likeness (QED) is 0.312. The Balaban J connectivity index is 0. The summed E-state index contributed by atoms with van der Waals surface area (Å²) in [7, 11) is 0. The summed E-state index contributed by atoms with van der Waals surface area (Å²) in [5, 5.41) is 0.